The standard InChI is InChI=1S/C15H21N3S/c1-12-6-4-5-7-14(12)19-11-13(16-2)10-15-17-8-9-18(15)3/h4-9,13,16H,10-11H2,1-3H3. The lowest BCUT2D eigenvalue weighted by molar-refractivity contribution is 0.586. The lowest BCUT2D eigenvalue weighted by Gasteiger charge is -2.16. The summed E-state index contributed by atoms with van der Waals surface area (Å²) in [6, 6.07) is 8.97. The van der Waals surface area contributed by atoms with Crippen molar-refractivity contribution in [2.24, 2.45) is 7.05 Å². The summed E-state index contributed by atoms with van der Waals surface area (Å²) in [7, 11) is 4.07. The highest BCUT2D eigenvalue weighted by atomic mass is 32.2. The van der Waals surface area contributed by atoms with E-state index in [4.69, 9.17) is 0 Å². The molecule has 19 heavy (non-hydrogen) atoms. The first-order valence-electron chi connectivity index (χ1n) is 6.52. The van der Waals surface area contributed by atoms with Crippen molar-refractivity contribution in [3.05, 3.63) is 48.0 Å². The maximum absolute atomic E-state index is 4.39. The van der Waals surface area contributed by atoms with Gasteiger partial charge in [-0.3, -0.25) is 0 Å². The Hall–Kier alpha value is -1.26. The van der Waals surface area contributed by atoms with Gasteiger partial charge in [0.1, 0.15) is 5.82 Å². The van der Waals surface area contributed by atoms with Crippen LogP contribution < -0.4 is 5.32 Å². The van der Waals surface area contributed by atoms with Crippen LogP contribution in [0.25, 0.3) is 0 Å². The molecular formula is C15H21N3S. The minimum Gasteiger partial charge on any atom is -0.338 e. The molecule has 1 aromatic carbocycles. The monoisotopic (exact) mass is 275 g/mol. The van der Waals surface area contributed by atoms with E-state index >= 15 is 0 Å². The zero-order valence-corrected chi connectivity index (χ0v) is 12.6. The van der Waals surface area contributed by atoms with E-state index in [1.807, 2.05) is 38.3 Å². The van der Waals surface area contributed by atoms with Gasteiger partial charge in [-0.25, -0.2) is 4.98 Å². The molecule has 0 aliphatic heterocycles. The second-order valence-corrected chi connectivity index (χ2v) is 5.78. The van der Waals surface area contributed by atoms with E-state index in [1.54, 1.807) is 0 Å². The van der Waals surface area contributed by atoms with E-state index in [-0.39, 0.29) is 0 Å². The summed E-state index contributed by atoms with van der Waals surface area (Å²) >= 11 is 1.91. The summed E-state index contributed by atoms with van der Waals surface area (Å²) in [6.07, 6.45) is 4.81. The zero-order valence-electron chi connectivity index (χ0n) is 11.8. The van der Waals surface area contributed by atoms with Gasteiger partial charge >= 0.3 is 0 Å². The summed E-state index contributed by atoms with van der Waals surface area (Å²) in [5.41, 5.74) is 1.35. The lowest BCUT2D eigenvalue weighted by Crippen LogP contribution is -2.31. The number of hydrogen-bond acceptors (Lipinski definition) is 3. The molecule has 0 amide bonds. The first kappa shape index (κ1) is 14.2. The molecule has 1 N–H and O–H groups in total. The fourth-order valence-electron chi connectivity index (χ4n) is 1.97. The SMILES string of the molecule is CNC(CSc1ccccc1C)Cc1nccn1C. The third kappa shape index (κ3) is 3.85. The molecular weight excluding hydrogens is 254 g/mol. The maximum atomic E-state index is 4.39. The zero-order chi connectivity index (χ0) is 13.7. The molecule has 0 radical (unpaired) electrons. The Labute approximate surface area is 119 Å². The summed E-state index contributed by atoms with van der Waals surface area (Å²) in [4.78, 5) is 5.75. The molecule has 1 unspecified atom stereocenters. The molecule has 2 rings (SSSR count). The third-order valence-electron chi connectivity index (χ3n) is 3.29. The number of imidazole rings is 1. The molecule has 1 heterocycles. The predicted molar refractivity (Wildman–Crippen MR) is 81.7 cm³/mol. The molecule has 102 valence electrons. The summed E-state index contributed by atoms with van der Waals surface area (Å²) in [5.74, 6) is 2.18. The van der Waals surface area contributed by atoms with Gasteiger partial charge < -0.3 is 9.88 Å². The summed E-state index contributed by atoms with van der Waals surface area (Å²) in [6.45, 7) is 2.16. The molecule has 0 saturated carbocycles. The van der Waals surface area contributed by atoms with Crippen LogP contribution in [0.5, 0.6) is 0 Å². The van der Waals surface area contributed by atoms with Crippen LogP contribution in [0.3, 0.4) is 0 Å². The van der Waals surface area contributed by atoms with E-state index in [9.17, 15) is 0 Å². The molecule has 1 atom stereocenters. The fourth-order valence-corrected chi connectivity index (χ4v) is 3.10. The van der Waals surface area contributed by atoms with Crippen molar-refractivity contribution in [1.82, 2.24) is 14.9 Å². The van der Waals surface area contributed by atoms with Gasteiger partial charge in [0.25, 0.3) is 0 Å². The third-order valence-corrected chi connectivity index (χ3v) is 4.63. The fraction of sp³-hybridized carbons (Fsp3) is 0.400. The first-order chi connectivity index (χ1) is 9.20. The number of benzene rings is 1. The second-order valence-electron chi connectivity index (χ2n) is 4.72. The summed E-state index contributed by atoms with van der Waals surface area (Å²) < 4.78 is 2.09. The lowest BCUT2D eigenvalue weighted by atomic mass is 10.2. The van der Waals surface area contributed by atoms with E-state index < -0.39 is 0 Å². The Balaban J connectivity index is 1.93. The quantitative estimate of drug-likeness (QED) is 0.822. The van der Waals surface area contributed by atoms with E-state index in [0.29, 0.717) is 6.04 Å². The van der Waals surface area contributed by atoms with Crippen molar-refractivity contribution in [3.8, 4) is 0 Å². The van der Waals surface area contributed by atoms with Gasteiger partial charge in [-0.2, -0.15) is 0 Å². The minimum absolute atomic E-state index is 0.436. The van der Waals surface area contributed by atoms with Crippen molar-refractivity contribution >= 4 is 11.8 Å². The van der Waals surface area contributed by atoms with Crippen molar-refractivity contribution < 1.29 is 0 Å². The minimum atomic E-state index is 0.436. The van der Waals surface area contributed by atoms with Crippen LogP contribution in [0, 0.1) is 6.92 Å². The Morgan fingerprint density at radius 3 is 2.79 bits per heavy atom. The number of aromatic nitrogens is 2. The van der Waals surface area contributed by atoms with Crippen molar-refractivity contribution in [2.45, 2.75) is 24.3 Å². The predicted octanol–water partition coefficient (Wildman–Crippen LogP) is 2.65. The Morgan fingerprint density at radius 2 is 2.16 bits per heavy atom. The molecule has 3 nitrogen and oxygen atoms in total. The molecule has 0 bridgehead atoms. The Kier molecular flexibility index (Phi) is 5.05. The van der Waals surface area contributed by atoms with E-state index in [1.165, 1.54) is 10.5 Å². The second kappa shape index (κ2) is 6.78. The van der Waals surface area contributed by atoms with Gasteiger partial charge in [0.05, 0.1) is 0 Å². The van der Waals surface area contributed by atoms with Crippen LogP contribution in [-0.2, 0) is 13.5 Å². The number of hydrogen-bond donors (Lipinski definition) is 1. The molecule has 0 aliphatic carbocycles. The number of rotatable bonds is 6. The van der Waals surface area contributed by atoms with Gasteiger partial charge in [-0.05, 0) is 25.6 Å². The van der Waals surface area contributed by atoms with Gasteiger partial charge in [0, 0.05) is 42.6 Å². The maximum Gasteiger partial charge on any atom is 0.109 e. The number of aryl methyl sites for hydroxylation is 2. The Bertz CT molecular complexity index is 522. The number of thioether (sulfide) groups is 1. The molecule has 0 saturated heterocycles. The molecule has 1 aromatic heterocycles. The van der Waals surface area contributed by atoms with Crippen molar-refractivity contribution in [2.75, 3.05) is 12.8 Å². The molecule has 0 fully saturated rings. The average molecular weight is 275 g/mol. The van der Waals surface area contributed by atoms with Gasteiger partial charge in [0.2, 0.25) is 0 Å². The van der Waals surface area contributed by atoms with E-state index in [0.717, 1.165) is 18.0 Å². The normalized spacial score (nSPS) is 12.6. The van der Waals surface area contributed by atoms with Crippen molar-refractivity contribution in [1.29, 1.82) is 0 Å². The van der Waals surface area contributed by atoms with Crippen molar-refractivity contribution in [3.63, 3.8) is 0 Å². The largest absolute Gasteiger partial charge is 0.338 e. The highest BCUT2D eigenvalue weighted by Crippen LogP contribution is 2.23. The number of nitrogens with zero attached hydrogens (tertiary/aromatic N) is 2. The van der Waals surface area contributed by atoms with Crippen LogP contribution in [0.4, 0.5) is 0 Å². The van der Waals surface area contributed by atoms with Gasteiger partial charge in [-0.15, -0.1) is 11.8 Å². The van der Waals surface area contributed by atoms with Crippen LogP contribution in [0.1, 0.15) is 11.4 Å². The average Bonchev–Trinajstić information content (AvgIpc) is 2.81. The smallest absolute Gasteiger partial charge is 0.109 e. The summed E-state index contributed by atoms with van der Waals surface area (Å²) in [5, 5.41) is 3.38. The van der Waals surface area contributed by atoms with Gasteiger partial charge in [0.15, 0.2) is 0 Å². The molecule has 0 spiro atoms. The molecule has 4 heteroatoms. The highest BCUT2D eigenvalue weighted by molar-refractivity contribution is 7.99. The first-order valence-corrected chi connectivity index (χ1v) is 7.51. The van der Waals surface area contributed by atoms with Crippen LogP contribution >= 0.6 is 11.8 Å². The van der Waals surface area contributed by atoms with E-state index in [2.05, 4.69) is 46.1 Å². The highest BCUT2D eigenvalue weighted by Gasteiger charge is 2.11. The van der Waals surface area contributed by atoms with Gasteiger partial charge in [-0.1, -0.05) is 18.2 Å². The van der Waals surface area contributed by atoms with Crippen LogP contribution in [0.2, 0.25) is 0 Å². The van der Waals surface area contributed by atoms with Crippen LogP contribution in [0.15, 0.2) is 41.6 Å². The van der Waals surface area contributed by atoms with Crippen LogP contribution in [-0.4, -0.2) is 28.4 Å². The molecule has 0 aliphatic rings. The number of likely N-dealkylation sites (N-methyl/N-ethyl adjacent to an activating group) is 1. The molecule has 2 aromatic rings. The number of nitrogens with one attached hydrogen (secondary N) is 1. The Morgan fingerprint density at radius 1 is 1.37 bits per heavy atom. The topological polar surface area (TPSA) is 29.9 Å².